The zero-order valence-electron chi connectivity index (χ0n) is 9.63. The van der Waals surface area contributed by atoms with E-state index in [0.717, 1.165) is 31.4 Å². The molecule has 2 N–H and O–H groups in total. The lowest BCUT2D eigenvalue weighted by atomic mass is 9.87. The second-order valence-electron chi connectivity index (χ2n) is 4.38. The highest BCUT2D eigenvalue weighted by atomic mass is 16.5. The van der Waals surface area contributed by atoms with Gasteiger partial charge in [-0.2, -0.15) is 0 Å². The van der Waals surface area contributed by atoms with Gasteiger partial charge in [-0.1, -0.05) is 18.2 Å². The Hall–Kier alpha value is -1.55. The molecule has 1 fully saturated rings. The van der Waals surface area contributed by atoms with Gasteiger partial charge in [0, 0.05) is 5.92 Å². The number of nitrogens with one attached hydrogen (secondary N) is 1. The number of amides is 1. The van der Waals surface area contributed by atoms with Crippen LogP contribution in [0.5, 0.6) is 5.75 Å². The van der Waals surface area contributed by atoms with Crippen LogP contribution in [0.1, 0.15) is 25.7 Å². The Morgan fingerprint density at radius 2 is 1.82 bits per heavy atom. The van der Waals surface area contributed by atoms with E-state index in [4.69, 9.17) is 9.94 Å². The zero-order chi connectivity index (χ0) is 12.1. The van der Waals surface area contributed by atoms with E-state index < -0.39 is 0 Å². The van der Waals surface area contributed by atoms with Gasteiger partial charge in [-0.25, -0.2) is 5.48 Å². The van der Waals surface area contributed by atoms with Gasteiger partial charge in [0.2, 0.25) is 5.91 Å². The van der Waals surface area contributed by atoms with Gasteiger partial charge < -0.3 is 4.74 Å². The average Bonchev–Trinajstić information content (AvgIpc) is 2.40. The number of hydrogen-bond donors (Lipinski definition) is 2. The molecule has 1 aromatic carbocycles. The molecule has 1 amide bonds. The fourth-order valence-corrected chi connectivity index (χ4v) is 2.23. The van der Waals surface area contributed by atoms with Crippen LogP contribution < -0.4 is 10.2 Å². The van der Waals surface area contributed by atoms with Crippen molar-refractivity contribution in [3.8, 4) is 5.75 Å². The standard InChI is InChI=1S/C13H17NO3/c15-13(14-16)10-6-8-12(9-7-10)17-11-4-2-1-3-5-11/h1-5,10,12,16H,6-9H2,(H,14,15). The summed E-state index contributed by atoms with van der Waals surface area (Å²) in [6, 6.07) is 9.72. The molecule has 1 aliphatic rings. The molecule has 2 rings (SSSR count). The van der Waals surface area contributed by atoms with Crippen molar-refractivity contribution < 1.29 is 14.7 Å². The Kier molecular flexibility index (Phi) is 3.98. The molecular weight excluding hydrogens is 218 g/mol. The van der Waals surface area contributed by atoms with E-state index in [9.17, 15) is 4.79 Å². The molecule has 4 heteroatoms. The third-order valence-corrected chi connectivity index (χ3v) is 3.20. The highest BCUT2D eigenvalue weighted by Crippen LogP contribution is 2.27. The SMILES string of the molecule is O=C(NO)C1CCC(Oc2ccccc2)CC1. The molecule has 0 aromatic heterocycles. The van der Waals surface area contributed by atoms with Gasteiger partial charge >= 0.3 is 0 Å². The third-order valence-electron chi connectivity index (χ3n) is 3.20. The van der Waals surface area contributed by atoms with E-state index in [1.807, 2.05) is 30.3 Å². The predicted molar refractivity (Wildman–Crippen MR) is 62.7 cm³/mol. The lowest BCUT2D eigenvalue weighted by Gasteiger charge is -2.27. The van der Waals surface area contributed by atoms with Crippen LogP contribution in [-0.4, -0.2) is 17.2 Å². The third kappa shape index (κ3) is 3.20. The van der Waals surface area contributed by atoms with Gasteiger partial charge in [-0.15, -0.1) is 0 Å². The molecule has 1 aromatic rings. The first-order chi connectivity index (χ1) is 8.29. The average molecular weight is 235 g/mol. The molecule has 4 nitrogen and oxygen atoms in total. The Balaban J connectivity index is 1.82. The summed E-state index contributed by atoms with van der Waals surface area (Å²) in [5.74, 6) is 0.529. The molecule has 17 heavy (non-hydrogen) atoms. The van der Waals surface area contributed by atoms with E-state index in [0.29, 0.717) is 0 Å². The van der Waals surface area contributed by atoms with Gasteiger partial charge in [-0.05, 0) is 37.8 Å². The second kappa shape index (κ2) is 5.68. The van der Waals surface area contributed by atoms with Crippen molar-refractivity contribution in [3.63, 3.8) is 0 Å². The van der Waals surface area contributed by atoms with Crippen molar-refractivity contribution in [2.45, 2.75) is 31.8 Å². The molecule has 0 bridgehead atoms. The van der Waals surface area contributed by atoms with E-state index in [-0.39, 0.29) is 17.9 Å². The largest absolute Gasteiger partial charge is 0.490 e. The number of carbonyl (C=O) groups is 1. The number of hydrogen-bond acceptors (Lipinski definition) is 3. The highest BCUT2D eigenvalue weighted by molar-refractivity contribution is 5.77. The molecule has 0 atom stereocenters. The summed E-state index contributed by atoms with van der Waals surface area (Å²) in [5.41, 5.74) is 1.72. The maximum atomic E-state index is 11.2. The van der Waals surface area contributed by atoms with Crippen LogP contribution >= 0.6 is 0 Å². The predicted octanol–water partition coefficient (Wildman–Crippen LogP) is 2.13. The van der Waals surface area contributed by atoms with E-state index in [1.54, 1.807) is 5.48 Å². The van der Waals surface area contributed by atoms with Crippen molar-refractivity contribution in [1.82, 2.24) is 5.48 Å². The van der Waals surface area contributed by atoms with Crippen LogP contribution in [0.2, 0.25) is 0 Å². The Morgan fingerprint density at radius 1 is 1.18 bits per heavy atom. The minimum absolute atomic E-state index is 0.0735. The fraction of sp³-hybridized carbons (Fsp3) is 0.462. The van der Waals surface area contributed by atoms with E-state index in [1.165, 1.54) is 0 Å². The number of para-hydroxylation sites is 1. The fourth-order valence-electron chi connectivity index (χ4n) is 2.23. The van der Waals surface area contributed by atoms with Crippen LogP contribution in [0.15, 0.2) is 30.3 Å². The first-order valence-electron chi connectivity index (χ1n) is 5.95. The molecular formula is C13H17NO3. The van der Waals surface area contributed by atoms with Gasteiger partial charge in [0.05, 0.1) is 6.10 Å². The normalized spacial score (nSPS) is 24.1. The molecule has 0 heterocycles. The maximum Gasteiger partial charge on any atom is 0.246 e. The number of hydroxylamine groups is 1. The Bertz CT molecular complexity index is 358. The number of benzene rings is 1. The maximum absolute atomic E-state index is 11.2. The smallest absolute Gasteiger partial charge is 0.246 e. The van der Waals surface area contributed by atoms with Crippen LogP contribution in [0.4, 0.5) is 0 Å². The summed E-state index contributed by atoms with van der Waals surface area (Å²) < 4.78 is 5.82. The van der Waals surface area contributed by atoms with Gasteiger partial charge in [-0.3, -0.25) is 10.0 Å². The molecule has 92 valence electrons. The summed E-state index contributed by atoms with van der Waals surface area (Å²) in [6.07, 6.45) is 3.42. The lowest BCUT2D eigenvalue weighted by Crippen LogP contribution is -2.33. The van der Waals surface area contributed by atoms with Crippen molar-refractivity contribution in [2.75, 3.05) is 0 Å². The zero-order valence-corrected chi connectivity index (χ0v) is 9.63. The number of rotatable bonds is 3. The highest BCUT2D eigenvalue weighted by Gasteiger charge is 2.26. The summed E-state index contributed by atoms with van der Waals surface area (Å²) in [6.45, 7) is 0. The molecule has 0 aliphatic heterocycles. The van der Waals surface area contributed by atoms with Gasteiger partial charge in [0.1, 0.15) is 5.75 Å². The van der Waals surface area contributed by atoms with E-state index in [2.05, 4.69) is 0 Å². The summed E-state index contributed by atoms with van der Waals surface area (Å²) in [7, 11) is 0. The first kappa shape index (κ1) is 11.9. The molecule has 1 saturated carbocycles. The van der Waals surface area contributed by atoms with Gasteiger partial charge in [0.15, 0.2) is 0 Å². The Morgan fingerprint density at radius 3 is 2.41 bits per heavy atom. The van der Waals surface area contributed by atoms with Crippen molar-refractivity contribution in [2.24, 2.45) is 5.92 Å². The lowest BCUT2D eigenvalue weighted by molar-refractivity contribution is -0.134. The summed E-state index contributed by atoms with van der Waals surface area (Å²) >= 11 is 0. The molecule has 0 unspecified atom stereocenters. The monoisotopic (exact) mass is 235 g/mol. The second-order valence-corrected chi connectivity index (χ2v) is 4.38. The van der Waals surface area contributed by atoms with Gasteiger partial charge in [0.25, 0.3) is 0 Å². The molecule has 1 aliphatic carbocycles. The van der Waals surface area contributed by atoms with Crippen molar-refractivity contribution in [3.05, 3.63) is 30.3 Å². The topological polar surface area (TPSA) is 58.6 Å². The minimum Gasteiger partial charge on any atom is -0.490 e. The van der Waals surface area contributed by atoms with Crippen LogP contribution in [-0.2, 0) is 4.79 Å². The minimum atomic E-state index is -0.275. The van der Waals surface area contributed by atoms with E-state index >= 15 is 0 Å². The molecule has 0 radical (unpaired) electrons. The number of ether oxygens (including phenoxy) is 1. The van der Waals surface area contributed by atoms with Crippen molar-refractivity contribution >= 4 is 5.91 Å². The van der Waals surface area contributed by atoms with Crippen LogP contribution in [0.3, 0.4) is 0 Å². The quantitative estimate of drug-likeness (QED) is 0.623. The Labute approximate surface area is 101 Å². The first-order valence-corrected chi connectivity index (χ1v) is 5.95. The van der Waals surface area contributed by atoms with Crippen LogP contribution in [0.25, 0.3) is 0 Å². The molecule has 0 saturated heterocycles. The summed E-state index contributed by atoms with van der Waals surface area (Å²) in [4.78, 5) is 11.2. The molecule has 0 spiro atoms. The summed E-state index contributed by atoms with van der Waals surface area (Å²) in [5, 5.41) is 8.56. The van der Waals surface area contributed by atoms with Crippen molar-refractivity contribution in [1.29, 1.82) is 0 Å². The number of carbonyl (C=O) groups excluding carboxylic acids is 1. The van der Waals surface area contributed by atoms with Crippen LogP contribution in [0, 0.1) is 5.92 Å².